The first-order valence-corrected chi connectivity index (χ1v) is 11.4. The van der Waals surface area contributed by atoms with Gasteiger partial charge in [0.05, 0.1) is 23.4 Å². The number of carbonyl (C=O) groups excluding carboxylic acids is 1. The van der Waals surface area contributed by atoms with Gasteiger partial charge in [-0.25, -0.2) is 22.0 Å². The molecule has 0 saturated heterocycles. The van der Waals surface area contributed by atoms with Crippen LogP contribution in [0.4, 0.5) is 14.5 Å². The Balaban J connectivity index is 1.94. The van der Waals surface area contributed by atoms with Gasteiger partial charge in [-0.1, -0.05) is 29.8 Å². The zero-order valence-corrected chi connectivity index (χ0v) is 18.6. The number of anilines is 1. The van der Waals surface area contributed by atoms with E-state index in [1.165, 1.54) is 19.2 Å². The van der Waals surface area contributed by atoms with Gasteiger partial charge in [0.15, 0.2) is 5.75 Å². The van der Waals surface area contributed by atoms with Gasteiger partial charge in [-0.3, -0.25) is 4.72 Å². The number of hydrogen-bond donors (Lipinski definition) is 1. The van der Waals surface area contributed by atoms with Crippen LogP contribution in [-0.4, -0.2) is 34.7 Å². The highest BCUT2D eigenvalue weighted by atomic mass is 35.5. The predicted octanol–water partition coefficient (Wildman–Crippen LogP) is 4.64. The van der Waals surface area contributed by atoms with Crippen molar-refractivity contribution in [1.29, 1.82) is 0 Å². The monoisotopic (exact) mass is 495 g/mol. The van der Waals surface area contributed by atoms with Crippen LogP contribution in [0.1, 0.15) is 10.4 Å². The zero-order chi connectivity index (χ0) is 23.8. The SMILES string of the molecule is COc1c(Cl)cc2cc1S(=O)(=O)Nc1cc(c(F)cc1F)-c1ccccc1OCCOC2=O. The number of methoxy groups -OCH3 is 1. The van der Waals surface area contributed by atoms with Gasteiger partial charge >= 0.3 is 5.97 Å². The lowest BCUT2D eigenvalue weighted by molar-refractivity contribution is 0.0450. The number of fused-ring (bicyclic) bond motifs is 6. The largest absolute Gasteiger partial charge is 0.494 e. The molecule has 172 valence electrons. The van der Waals surface area contributed by atoms with Crippen LogP contribution >= 0.6 is 11.6 Å². The second-order valence-electron chi connectivity index (χ2n) is 6.89. The number of esters is 1. The fraction of sp³-hybridized carbons (Fsp3) is 0.136. The van der Waals surface area contributed by atoms with Crippen molar-refractivity contribution >= 4 is 33.3 Å². The molecule has 1 N–H and O–H groups in total. The van der Waals surface area contributed by atoms with E-state index < -0.39 is 38.2 Å². The number of benzene rings is 3. The topological polar surface area (TPSA) is 90.9 Å². The summed E-state index contributed by atoms with van der Waals surface area (Å²) < 4.78 is 73.5. The van der Waals surface area contributed by atoms with E-state index in [9.17, 15) is 22.0 Å². The molecule has 4 rings (SSSR count). The van der Waals surface area contributed by atoms with E-state index in [-0.39, 0.29) is 46.4 Å². The summed E-state index contributed by atoms with van der Waals surface area (Å²) in [6.07, 6.45) is 0. The molecule has 1 aliphatic heterocycles. The summed E-state index contributed by atoms with van der Waals surface area (Å²) in [5.74, 6) is -2.97. The number of nitrogens with one attached hydrogen (secondary N) is 1. The van der Waals surface area contributed by atoms with E-state index in [4.69, 9.17) is 25.8 Å². The maximum absolute atomic E-state index is 14.7. The molecular formula is C22H16ClF2NO6S. The van der Waals surface area contributed by atoms with Gasteiger partial charge in [-0.15, -0.1) is 0 Å². The maximum Gasteiger partial charge on any atom is 0.338 e. The summed E-state index contributed by atoms with van der Waals surface area (Å²) in [7, 11) is -3.35. The standard InChI is InChI=1S/C22H16ClF2NO6S/c1-30-21-15(23)8-12-9-20(21)33(28,29)26-18-10-14(16(24)11-17(18)25)13-4-2-3-5-19(13)31-6-7-32-22(12)27/h2-5,8-11,26H,6-7H2,1H3. The van der Waals surface area contributed by atoms with E-state index in [2.05, 4.69) is 4.72 Å². The number of sulfonamides is 1. The molecular weight excluding hydrogens is 480 g/mol. The van der Waals surface area contributed by atoms with Crippen LogP contribution in [0.5, 0.6) is 11.5 Å². The van der Waals surface area contributed by atoms with E-state index in [1.807, 2.05) is 0 Å². The molecule has 11 heteroatoms. The predicted molar refractivity (Wildman–Crippen MR) is 116 cm³/mol. The van der Waals surface area contributed by atoms with Crippen molar-refractivity contribution in [1.82, 2.24) is 0 Å². The normalized spacial score (nSPS) is 15.1. The Morgan fingerprint density at radius 2 is 1.73 bits per heavy atom. The molecule has 0 spiro atoms. The lowest BCUT2D eigenvalue weighted by atomic mass is 10.0. The molecule has 4 bridgehead atoms. The van der Waals surface area contributed by atoms with Gasteiger partial charge in [-0.2, -0.15) is 0 Å². The Bertz CT molecular complexity index is 1360. The minimum absolute atomic E-state index is 0.0777. The van der Waals surface area contributed by atoms with Crippen LogP contribution in [0.3, 0.4) is 0 Å². The molecule has 0 radical (unpaired) electrons. The number of carbonyl (C=O) groups is 1. The number of para-hydroxylation sites is 1. The molecule has 7 nitrogen and oxygen atoms in total. The van der Waals surface area contributed by atoms with Crippen molar-refractivity contribution in [3.8, 4) is 22.6 Å². The highest BCUT2D eigenvalue weighted by Gasteiger charge is 2.27. The van der Waals surface area contributed by atoms with Crippen LogP contribution < -0.4 is 14.2 Å². The lowest BCUT2D eigenvalue weighted by Crippen LogP contribution is -2.17. The molecule has 3 aromatic carbocycles. The number of halogens is 3. The minimum atomic E-state index is -4.54. The zero-order valence-electron chi connectivity index (χ0n) is 17.0. The fourth-order valence-electron chi connectivity index (χ4n) is 3.30. The Kier molecular flexibility index (Phi) is 6.13. The summed E-state index contributed by atoms with van der Waals surface area (Å²) in [5, 5.41) is -0.180. The molecule has 0 amide bonds. The number of rotatable bonds is 1. The maximum atomic E-state index is 14.7. The van der Waals surface area contributed by atoms with E-state index >= 15 is 0 Å². The third-order valence-corrected chi connectivity index (χ3v) is 6.44. The first-order valence-electron chi connectivity index (χ1n) is 9.50. The molecule has 0 unspecified atom stereocenters. The van der Waals surface area contributed by atoms with Gasteiger partial charge in [-0.05, 0) is 24.3 Å². The van der Waals surface area contributed by atoms with Crippen LogP contribution in [0.25, 0.3) is 11.1 Å². The van der Waals surface area contributed by atoms with Gasteiger partial charge < -0.3 is 14.2 Å². The van der Waals surface area contributed by atoms with Gasteiger partial charge in [0.25, 0.3) is 10.0 Å². The van der Waals surface area contributed by atoms with Crippen molar-refractivity contribution in [3.63, 3.8) is 0 Å². The van der Waals surface area contributed by atoms with E-state index in [0.29, 0.717) is 6.07 Å². The molecule has 0 fully saturated rings. The molecule has 0 atom stereocenters. The highest BCUT2D eigenvalue weighted by molar-refractivity contribution is 7.92. The molecule has 0 saturated carbocycles. The molecule has 1 aliphatic rings. The third kappa shape index (κ3) is 4.44. The number of cyclic esters (lactones) is 1. The Morgan fingerprint density at radius 1 is 1.00 bits per heavy atom. The average molecular weight is 496 g/mol. The number of hydrogen-bond acceptors (Lipinski definition) is 6. The van der Waals surface area contributed by atoms with Crippen molar-refractivity contribution in [2.24, 2.45) is 0 Å². The molecule has 0 aromatic heterocycles. The van der Waals surface area contributed by atoms with E-state index in [0.717, 1.165) is 12.1 Å². The summed E-state index contributed by atoms with van der Waals surface area (Å²) >= 11 is 6.12. The Labute approximate surface area is 192 Å². The Hall–Kier alpha value is -3.37. The fourth-order valence-corrected chi connectivity index (χ4v) is 4.93. The third-order valence-electron chi connectivity index (χ3n) is 4.79. The van der Waals surface area contributed by atoms with Crippen LogP contribution in [0.15, 0.2) is 53.4 Å². The van der Waals surface area contributed by atoms with Gasteiger partial charge in [0, 0.05) is 17.2 Å². The van der Waals surface area contributed by atoms with Gasteiger partial charge in [0.2, 0.25) is 0 Å². The average Bonchev–Trinajstić information content (AvgIpc) is 2.77. The first-order chi connectivity index (χ1) is 15.7. The molecule has 0 aliphatic carbocycles. The minimum Gasteiger partial charge on any atom is -0.494 e. The van der Waals surface area contributed by atoms with Crippen molar-refractivity contribution in [2.45, 2.75) is 4.90 Å². The quantitative estimate of drug-likeness (QED) is 0.494. The summed E-state index contributed by atoms with van der Waals surface area (Å²) in [6.45, 7) is -0.264. The summed E-state index contributed by atoms with van der Waals surface area (Å²) in [5.41, 5.74) is -0.549. The highest BCUT2D eigenvalue weighted by Crippen LogP contribution is 2.38. The summed E-state index contributed by atoms with van der Waals surface area (Å²) in [6, 6.07) is 10.1. The second-order valence-corrected chi connectivity index (χ2v) is 8.95. The molecule has 3 aromatic rings. The van der Waals surface area contributed by atoms with Gasteiger partial charge in [0.1, 0.15) is 35.5 Å². The Morgan fingerprint density at radius 3 is 2.48 bits per heavy atom. The van der Waals surface area contributed by atoms with Crippen molar-refractivity contribution in [2.75, 3.05) is 25.0 Å². The van der Waals surface area contributed by atoms with E-state index in [1.54, 1.807) is 18.2 Å². The van der Waals surface area contributed by atoms with Crippen LogP contribution in [0.2, 0.25) is 5.02 Å². The molecule has 33 heavy (non-hydrogen) atoms. The first kappa shape index (κ1) is 22.8. The van der Waals surface area contributed by atoms with Crippen LogP contribution in [0, 0.1) is 11.6 Å². The second kappa shape index (κ2) is 8.87. The summed E-state index contributed by atoms with van der Waals surface area (Å²) in [4.78, 5) is 11.9. The van der Waals surface area contributed by atoms with Crippen molar-refractivity contribution in [3.05, 3.63) is 70.8 Å². The van der Waals surface area contributed by atoms with Crippen molar-refractivity contribution < 1.29 is 36.2 Å². The van der Waals surface area contributed by atoms with Crippen LogP contribution in [-0.2, 0) is 14.8 Å². The smallest absolute Gasteiger partial charge is 0.338 e. The molecule has 1 heterocycles. The number of ether oxygens (including phenoxy) is 3. The lowest BCUT2D eigenvalue weighted by Gasteiger charge is -2.16.